The van der Waals surface area contributed by atoms with Crippen molar-refractivity contribution in [2.75, 3.05) is 19.8 Å². The molecule has 0 bridgehead atoms. The Morgan fingerprint density at radius 3 is 2.08 bits per heavy atom. The summed E-state index contributed by atoms with van der Waals surface area (Å²) < 4.78 is 15.4. The summed E-state index contributed by atoms with van der Waals surface area (Å²) in [6, 6.07) is 0. The van der Waals surface area contributed by atoms with Crippen molar-refractivity contribution in [3.05, 3.63) is 0 Å². The number of hydrogen-bond acceptors (Lipinski definition) is 4. The van der Waals surface area contributed by atoms with Crippen molar-refractivity contribution in [2.45, 2.75) is 13.8 Å². The molecule has 0 saturated heterocycles. The van der Waals surface area contributed by atoms with Crippen LogP contribution in [-0.4, -0.2) is 19.8 Å². The number of rotatable bonds is 6. The molecule has 0 heterocycles. The van der Waals surface area contributed by atoms with E-state index in [1.54, 1.807) is 0 Å². The van der Waals surface area contributed by atoms with E-state index in [2.05, 4.69) is 5.92 Å². The molecule has 0 fully saturated rings. The third-order valence-electron chi connectivity index (χ3n) is 0.880. The summed E-state index contributed by atoms with van der Waals surface area (Å²) in [7, 11) is 0. The highest BCUT2D eigenvalue weighted by molar-refractivity contribution is 8.07. The van der Waals surface area contributed by atoms with Gasteiger partial charge in [-0.15, -0.1) is 6.42 Å². The molecule has 0 aromatic rings. The van der Waals surface area contributed by atoms with Crippen LogP contribution >= 0.6 is 6.72 Å². The molecule has 3 nitrogen and oxygen atoms in total. The Labute approximate surface area is 78.6 Å². The molecule has 0 spiro atoms. The van der Waals surface area contributed by atoms with Gasteiger partial charge in [0.1, 0.15) is 6.61 Å². The van der Waals surface area contributed by atoms with E-state index < -0.39 is 6.72 Å². The first kappa shape index (κ1) is 12.1. The molecule has 5 heteroatoms. The predicted octanol–water partition coefficient (Wildman–Crippen LogP) is 1.93. The van der Waals surface area contributed by atoms with Crippen molar-refractivity contribution in [1.82, 2.24) is 0 Å². The maximum absolute atomic E-state index is 5.16. The highest BCUT2D eigenvalue weighted by atomic mass is 32.5. The standard InChI is InChI=1S/C7H13O3PS/c1-4-7-10-11(12,8-5-2)9-6-3/h1H,5-7H2,2-3H3. The molecular weight excluding hydrogens is 195 g/mol. The summed E-state index contributed by atoms with van der Waals surface area (Å²) in [6.07, 6.45) is 5.01. The van der Waals surface area contributed by atoms with E-state index >= 15 is 0 Å². The molecule has 0 rings (SSSR count). The second-order valence-electron chi connectivity index (χ2n) is 1.76. The summed E-state index contributed by atoms with van der Waals surface area (Å²) in [4.78, 5) is 0. The molecule has 0 N–H and O–H groups in total. The first-order chi connectivity index (χ1) is 5.68. The average Bonchev–Trinajstić information content (AvgIpc) is 2.02. The lowest BCUT2D eigenvalue weighted by molar-refractivity contribution is 0.180. The van der Waals surface area contributed by atoms with Crippen LogP contribution in [0.15, 0.2) is 0 Å². The molecule has 70 valence electrons. The van der Waals surface area contributed by atoms with Gasteiger partial charge >= 0.3 is 6.72 Å². The average molecular weight is 208 g/mol. The van der Waals surface area contributed by atoms with Crippen LogP contribution in [0, 0.1) is 12.3 Å². The largest absolute Gasteiger partial charge is 0.328 e. The molecule has 0 saturated carbocycles. The van der Waals surface area contributed by atoms with Crippen molar-refractivity contribution in [3.63, 3.8) is 0 Å². The minimum atomic E-state index is -2.55. The minimum Gasteiger partial charge on any atom is -0.309 e. The van der Waals surface area contributed by atoms with Crippen molar-refractivity contribution < 1.29 is 13.6 Å². The smallest absolute Gasteiger partial charge is 0.309 e. The van der Waals surface area contributed by atoms with Gasteiger partial charge in [0, 0.05) is 0 Å². The lowest BCUT2D eigenvalue weighted by Crippen LogP contribution is -1.99. The van der Waals surface area contributed by atoms with E-state index in [0.717, 1.165) is 0 Å². The fourth-order valence-electron chi connectivity index (χ4n) is 0.544. The molecule has 0 unspecified atom stereocenters. The zero-order valence-corrected chi connectivity index (χ0v) is 8.99. The Morgan fingerprint density at radius 1 is 1.25 bits per heavy atom. The second-order valence-corrected chi connectivity index (χ2v) is 4.77. The Balaban J connectivity index is 4.01. The fourth-order valence-corrected chi connectivity index (χ4v) is 2.42. The first-order valence-corrected chi connectivity index (χ1v) is 6.21. The van der Waals surface area contributed by atoms with Crippen LogP contribution in [0.25, 0.3) is 0 Å². The van der Waals surface area contributed by atoms with Crippen molar-refractivity contribution in [1.29, 1.82) is 0 Å². The third-order valence-corrected chi connectivity index (χ3v) is 3.42. The van der Waals surface area contributed by atoms with E-state index in [1.165, 1.54) is 0 Å². The van der Waals surface area contributed by atoms with Gasteiger partial charge in [-0.2, -0.15) is 0 Å². The van der Waals surface area contributed by atoms with Gasteiger partial charge in [0.25, 0.3) is 0 Å². The molecule has 0 atom stereocenters. The highest BCUT2D eigenvalue weighted by Gasteiger charge is 2.17. The Hall–Kier alpha value is 0.0900. The summed E-state index contributed by atoms with van der Waals surface area (Å²) >= 11 is 5.01. The van der Waals surface area contributed by atoms with Crippen LogP contribution in [0.2, 0.25) is 0 Å². The zero-order chi connectivity index (χ0) is 9.45. The summed E-state index contributed by atoms with van der Waals surface area (Å²) in [6.45, 7) is 2.20. The van der Waals surface area contributed by atoms with Crippen molar-refractivity contribution >= 4 is 18.5 Å². The number of hydrogen-bond donors (Lipinski definition) is 0. The quantitative estimate of drug-likeness (QED) is 0.492. The Morgan fingerprint density at radius 2 is 1.75 bits per heavy atom. The molecule has 0 aromatic carbocycles. The van der Waals surface area contributed by atoms with E-state index in [-0.39, 0.29) is 6.61 Å². The molecule has 0 radical (unpaired) electrons. The Bertz CT molecular complexity index is 189. The molecule has 0 amide bonds. The zero-order valence-electron chi connectivity index (χ0n) is 7.28. The Kier molecular flexibility index (Phi) is 6.64. The van der Waals surface area contributed by atoms with Crippen LogP contribution in [-0.2, 0) is 25.4 Å². The lowest BCUT2D eigenvalue weighted by atomic mass is 10.8. The SMILES string of the molecule is C#CCOP(=S)(OCC)OCC. The van der Waals surface area contributed by atoms with Gasteiger partial charge in [0.05, 0.1) is 13.2 Å². The molecule has 0 aliphatic carbocycles. The van der Waals surface area contributed by atoms with Crippen LogP contribution in [0.4, 0.5) is 0 Å². The van der Waals surface area contributed by atoms with E-state index in [1.807, 2.05) is 13.8 Å². The normalized spacial score (nSPS) is 11.1. The first-order valence-electron chi connectivity index (χ1n) is 3.65. The van der Waals surface area contributed by atoms with Gasteiger partial charge in [-0.05, 0) is 25.7 Å². The van der Waals surface area contributed by atoms with Gasteiger partial charge in [-0.1, -0.05) is 5.92 Å². The molecule has 0 aliphatic heterocycles. The minimum absolute atomic E-state index is 0.136. The van der Waals surface area contributed by atoms with Crippen molar-refractivity contribution in [3.8, 4) is 12.3 Å². The molecule has 0 aromatic heterocycles. The van der Waals surface area contributed by atoms with Gasteiger partial charge in [0.15, 0.2) is 0 Å². The van der Waals surface area contributed by atoms with E-state index in [9.17, 15) is 0 Å². The van der Waals surface area contributed by atoms with Gasteiger partial charge < -0.3 is 9.05 Å². The van der Waals surface area contributed by atoms with E-state index in [4.69, 9.17) is 31.8 Å². The third kappa shape index (κ3) is 4.87. The fraction of sp³-hybridized carbons (Fsp3) is 0.714. The maximum atomic E-state index is 5.16. The molecule has 12 heavy (non-hydrogen) atoms. The summed E-state index contributed by atoms with van der Waals surface area (Å²) in [5, 5.41) is 0. The summed E-state index contributed by atoms with van der Waals surface area (Å²) in [5.41, 5.74) is 0. The van der Waals surface area contributed by atoms with Crippen LogP contribution in [0.1, 0.15) is 13.8 Å². The topological polar surface area (TPSA) is 27.7 Å². The summed E-state index contributed by atoms with van der Waals surface area (Å²) in [5.74, 6) is 2.32. The highest BCUT2D eigenvalue weighted by Crippen LogP contribution is 2.49. The predicted molar refractivity (Wildman–Crippen MR) is 52.3 cm³/mol. The number of terminal acetylenes is 1. The van der Waals surface area contributed by atoms with Gasteiger partial charge in [0.2, 0.25) is 0 Å². The molecule has 0 aliphatic rings. The van der Waals surface area contributed by atoms with Crippen molar-refractivity contribution in [2.24, 2.45) is 0 Å². The maximum Gasteiger partial charge on any atom is 0.328 e. The van der Waals surface area contributed by atoms with Gasteiger partial charge in [-0.3, -0.25) is 4.52 Å². The van der Waals surface area contributed by atoms with Crippen LogP contribution in [0.5, 0.6) is 0 Å². The van der Waals surface area contributed by atoms with Gasteiger partial charge in [-0.25, -0.2) is 0 Å². The van der Waals surface area contributed by atoms with Crippen LogP contribution < -0.4 is 0 Å². The second kappa shape index (κ2) is 6.59. The lowest BCUT2D eigenvalue weighted by Gasteiger charge is -2.18. The van der Waals surface area contributed by atoms with Crippen LogP contribution in [0.3, 0.4) is 0 Å². The van der Waals surface area contributed by atoms with E-state index in [0.29, 0.717) is 13.2 Å². The molecular formula is C7H13O3PS. The monoisotopic (exact) mass is 208 g/mol.